The number of aromatic nitrogens is 3. The van der Waals surface area contributed by atoms with Crippen molar-refractivity contribution in [2.24, 2.45) is 0 Å². The van der Waals surface area contributed by atoms with Crippen molar-refractivity contribution in [2.75, 3.05) is 41.9 Å². The number of piperidine rings is 1. The van der Waals surface area contributed by atoms with Gasteiger partial charge in [-0.3, -0.25) is 0 Å². The normalized spacial score (nSPS) is 24.9. The maximum absolute atomic E-state index is 13.6. The van der Waals surface area contributed by atoms with Crippen LogP contribution in [0.4, 0.5) is 37.7 Å². The van der Waals surface area contributed by atoms with Crippen LogP contribution in [0.15, 0.2) is 48.7 Å². The number of benzene rings is 1. The minimum Gasteiger partial charge on any atom is -0.374 e. The number of nitrogens with one attached hydrogen (secondary N) is 2. The number of ether oxygens (including phenoxy) is 1. The topological polar surface area (TPSA) is 78.4 Å². The van der Waals surface area contributed by atoms with Crippen molar-refractivity contribution in [3.05, 3.63) is 59.9 Å². The van der Waals surface area contributed by atoms with E-state index in [1.807, 2.05) is 60.6 Å². The molecule has 40 heavy (non-hydrogen) atoms. The van der Waals surface area contributed by atoms with E-state index in [0.717, 1.165) is 40.7 Å². The fourth-order valence-corrected chi connectivity index (χ4v) is 6.12. The van der Waals surface area contributed by atoms with Gasteiger partial charge in [0.25, 0.3) is 5.92 Å². The predicted molar refractivity (Wildman–Crippen MR) is 157 cm³/mol. The van der Waals surface area contributed by atoms with E-state index in [1.165, 1.54) is 0 Å². The lowest BCUT2D eigenvalue weighted by molar-refractivity contribution is -0.0893. The molecule has 0 saturated carbocycles. The first-order valence-corrected chi connectivity index (χ1v) is 14.0. The average molecular weight is 554 g/mol. The van der Waals surface area contributed by atoms with Crippen molar-refractivity contribution < 1.29 is 16.4 Å². The highest BCUT2D eigenvalue weighted by Crippen LogP contribution is 2.53. The van der Waals surface area contributed by atoms with Gasteiger partial charge >= 0.3 is 0 Å². The summed E-state index contributed by atoms with van der Waals surface area (Å²) in [4.78, 5) is 19.0. The molecule has 2 N–H and O–H groups in total. The number of rotatable bonds is 6. The van der Waals surface area contributed by atoms with Gasteiger partial charge in [-0.05, 0) is 63.7 Å². The molecule has 6 rings (SSSR count). The summed E-state index contributed by atoms with van der Waals surface area (Å²) in [5.41, 5.74) is 3.24. The standard InChI is InChI=1S/C30H37F2N7O.2H2/c1-28(2)16-24-29(3,19-40-28)23-18-34-27(37-26(23)39(24)25-7-5-6-21(35-25)17-33-4)36-20-8-10-22(11-9-20)38-14-12-30(31,32)13-15-38;;/h5-11,18,24,33H,12-17,19H2,1-4H3,(H,34,36,37);2*1H/t24-,29-;;/m0../s1. The Bertz CT molecular complexity index is 1380. The van der Waals surface area contributed by atoms with E-state index in [1.54, 1.807) is 0 Å². The molecule has 3 aromatic rings. The van der Waals surface area contributed by atoms with Crippen LogP contribution < -0.4 is 20.4 Å². The van der Waals surface area contributed by atoms with Crippen LogP contribution in [-0.2, 0) is 16.7 Å². The van der Waals surface area contributed by atoms with Crippen molar-refractivity contribution in [2.45, 2.75) is 69.6 Å². The number of halogens is 2. The first kappa shape index (κ1) is 26.8. The fraction of sp³-hybridized carbons (Fsp3) is 0.500. The molecule has 2 aromatic heterocycles. The van der Waals surface area contributed by atoms with Crippen LogP contribution in [0.5, 0.6) is 0 Å². The minimum atomic E-state index is -2.56. The van der Waals surface area contributed by atoms with Crippen molar-refractivity contribution in [1.29, 1.82) is 0 Å². The molecule has 3 aliphatic heterocycles. The van der Waals surface area contributed by atoms with Crippen molar-refractivity contribution in [3.8, 4) is 0 Å². The molecular weight excluding hydrogens is 512 g/mol. The van der Waals surface area contributed by atoms with Gasteiger partial charge in [0.2, 0.25) is 5.95 Å². The molecule has 0 aliphatic carbocycles. The lowest BCUT2D eigenvalue weighted by Crippen LogP contribution is -2.54. The van der Waals surface area contributed by atoms with Crippen LogP contribution in [0.2, 0.25) is 0 Å². The lowest BCUT2D eigenvalue weighted by atomic mass is 9.73. The largest absolute Gasteiger partial charge is 0.374 e. The molecule has 216 valence electrons. The van der Waals surface area contributed by atoms with Crippen molar-refractivity contribution >= 4 is 29.0 Å². The van der Waals surface area contributed by atoms with Gasteiger partial charge in [0.1, 0.15) is 11.6 Å². The van der Waals surface area contributed by atoms with E-state index in [2.05, 4.69) is 36.3 Å². The number of fused-ring (bicyclic) bond motifs is 3. The van der Waals surface area contributed by atoms with Gasteiger partial charge in [0, 0.05) is 63.9 Å². The van der Waals surface area contributed by atoms with Gasteiger partial charge in [-0.15, -0.1) is 0 Å². The summed E-state index contributed by atoms with van der Waals surface area (Å²) < 4.78 is 33.5. The molecule has 8 nitrogen and oxygen atoms in total. The van der Waals surface area contributed by atoms with E-state index in [9.17, 15) is 8.78 Å². The molecule has 2 atom stereocenters. The minimum absolute atomic E-state index is 0. The molecule has 0 radical (unpaired) electrons. The van der Waals surface area contributed by atoms with Gasteiger partial charge in [-0.25, -0.2) is 18.7 Å². The quantitative estimate of drug-likeness (QED) is 0.383. The Hall–Kier alpha value is -3.37. The molecule has 0 bridgehead atoms. The maximum Gasteiger partial charge on any atom is 0.251 e. The summed E-state index contributed by atoms with van der Waals surface area (Å²) in [6.45, 7) is 8.46. The number of hydrogen-bond acceptors (Lipinski definition) is 8. The zero-order valence-electron chi connectivity index (χ0n) is 23.5. The van der Waals surface area contributed by atoms with Crippen LogP contribution in [0.3, 0.4) is 0 Å². The van der Waals surface area contributed by atoms with Crippen LogP contribution in [-0.4, -0.2) is 59.3 Å². The summed E-state index contributed by atoms with van der Waals surface area (Å²) in [6, 6.07) is 14.0. The summed E-state index contributed by atoms with van der Waals surface area (Å²) in [5.74, 6) is -0.368. The zero-order chi connectivity index (χ0) is 28.1. The first-order valence-electron chi connectivity index (χ1n) is 14.0. The van der Waals surface area contributed by atoms with Crippen LogP contribution in [0, 0.1) is 0 Å². The zero-order valence-corrected chi connectivity index (χ0v) is 23.5. The second-order valence-electron chi connectivity index (χ2n) is 12.0. The van der Waals surface area contributed by atoms with E-state index >= 15 is 0 Å². The highest BCUT2D eigenvalue weighted by atomic mass is 19.3. The Kier molecular flexibility index (Phi) is 6.65. The molecule has 5 heterocycles. The second kappa shape index (κ2) is 9.92. The first-order chi connectivity index (χ1) is 19.1. The molecule has 3 aliphatic rings. The van der Waals surface area contributed by atoms with Gasteiger partial charge < -0.3 is 25.2 Å². The highest BCUT2D eigenvalue weighted by Gasteiger charge is 2.55. The third kappa shape index (κ3) is 4.99. The predicted octanol–water partition coefficient (Wildman–Crippen LogP) is 6.04. The monoisotopic (exact) mass is 553 g/mol. The van der Waals surface area contributed by atoms with E-state index in [0.29, 0.717) is 32.2 Å². The van der Waals surface area contributed by atoms with Gasteiger partial charge in [0.05, 0.1) is 23.9 Å². The van der Waals surface area contributed by atoms with Crippen molar-refractivity contribution in [3.63, 3.8) is 0 Å². The van der Waals surface area contributed by atoms with Gasteiger partial charge in [0.15, 0.2) is 0 Å². The molecular formula is C30H41F2N7O. The Balaban J connectivity index is 0.00000202. The molecule has 2 fully saturated rings. The van der Waals surface area contributed by atoms with E-state index in [4.69, 9.17) is 19.7 Å². The Labute approximate surface area is 237 Å². The third-order valence-corrected chi connectivity index (χ3v) is 8.49. The number of hydrogen-bond donors (Lipinski definition) is 2. The van der Waals surface area contributed by atoms with Gasteiger partial charge in [-0.1, -0.05) is 13.0 Å². The Morgan fingerprint density at radius 1 is 1.05 bits per heavy atom. The maximum atomic E-state index is 13.6. The Morgan fingerprint density at radius 3 is 2.52 bits per heavy atom. The summed E-state index contributed by atoms with van der Waals surface area (Å²) in [6.07, 6.45) is 2.52. The fourth-order valence-electron chi connectivity index (χ4n) is 6.12. The smallest absolute Gasteiger partial charge is 0.251 e. The second-order valence-corrected chi connectivity index (χ2v) is 12.0. The highest BCUT2D eigenvalue weighted by molar-refractivity contribution is 5.71. The van der Waals surface area contributed by atoms with Crippen LogP contribution in [0.1, 0.15) is 54.1 Å². The lowest BCUT2D eigenvalue weighted by Gasteiger charge is -2.46. The van der Waals surface area contributed by atoms with Crippen molar-refractivity contribution in [1.82, 2.24) is 20.3 Å². The SMILES string of the molecule is CNCc1cccc(N2c3nc(Nc4ccc(N5CCC(F)(F)CC5)cc4)ncc3[C@]3(C)COC(C)(C)C[C@H]23)n1.[HH].[HH]. The average Bonchev–Trinajstić information content (AvgIpc) is 3.16. The summed E-state index contributed by atoms with van der Waals surface area (Å²) >= 11 is 0. The number of nitrogens with zero attached hydrogens (tertiary/aromatic N) is 5. The van der Waals surface area contributed by atoms with Crippen LogP contribution >= 0.6 is 0 Å². The van der Waals surface area contributed by atoms with E-state index < -0.39 is 5.92 Å². The Morgan fingerprint density at radius 2 is 1.80 bits per heavy atom. The molecule has 2 saturated heterocycles. The number of pyridine rings is 1. The molecule has 0 amide bonds. The van der Waals surface area contributed by atoms with Gasteiger partial charge in [-0.2, -0.15) is 4.98 Å². The summed E-state index contributed by atoms with van der Waals surface area (Å²) in [5, 5.41) is 6.53. The van der Waals surface area contributed by atoms with Crippen LogP contribution in [0.25, 0.3) is 0 Å². The number of alkyl halides is 2. The third-order valence-electron chi connectivity index (χ3n) is 8.49. The molecule has 0 unspecified atom stereocenters. The molecule has 0 spiro atoms. The number of anilines is 5. The summed E-state index contributed by atoms with van der Waals surface area (Å²) in [7, 11) is 1.92. The van der Waals surface area contributed by atoms with E-state index in [-0.39, 0.29) is 32.8 Å². The molecule has 10 heteroatoms. The molecule has 1 aromatic carbocycles.